The van der Waals surface area contributed by atoms with Gasteiger partial charge in [0.25, 0.3) is 0 Å². The van der Waals surface area contributed by atoms with E-state index in [2.05, 4.69) is 16.0 Å². The predicted molar refractivity (Wildman–Crippen MR) is 128 cm³/mol. The number of rotatable bonds is 10. The summed E-state index contributed by atoms with van der Waals surface area (Å²) in [6.07, 6.45) is 7.42. The van der Waals surface area contributed by atoms with Crippen LogP contribution >= 0.6 is 8.53 Å². The van der Waals surface area contributed by atoms with E-state index in [1.54, 1.807) is 32.9 Å². The maximum Gasteiger partial charge on any atom is 0.351 e. The second-order valence-electron chi connectivity index (χ2n) is 8.06. The van der Waals surface area contributed by atoms with Crippen LogP contribution < -0.4 is 21.0 Å². The number of hydrogen-bond acceptors (Lipinski definition) is 9. The van der Waals surface area contributed by atoms with Gasteiger partial charge in [0, 0.05) is 6.20 Å². The van der Waals surface area contributed by atoms with E-state index < -0.39 is 38.1 Å². The highest BCUT2D eigenvalue weighted by Crippen LogP contribution is 2.41. The zero-order valence-electron chi connectivity index (χ0n) is 19.3. The van der Waals surface area contributed by atoms with Crippen molar-refractivity contribution in [2.45, 2.75) is 57.6 Å². The van der Waals surface area contributed by atoms with E-state index in [-0.39, 0.29) is 18.5 Å². The minimum Gasteiger partial charge on any atom is -0.462 e. The standard InChI is InChI=1S/C23H29N4O6P/c1-5-23(13-11-20(32-23)27-14-12-19(24)25-22(27)29)15-30-34(33-18-9-7-6-8-10-18)26-17(4)21(28)31-16(2)3/h1,6-10,12,14,16-17,20,26H,11,13,15H2,2-4H3,(H2,24,25,29). The summed E-state index contributed by atoms with van der Waals surface area (Å²) in [6, 6.07) is 9.90. The molecule has 3 rings (SSSR count). The van der Waals surface area contributed by atoms with Crippen molar-refractivity contribution in [3.05, 3.63) is 53.1 Å². The lowest BCUT2D eigenvalue weighted by Gasteiger charge is -2.27. The average Bonchev–Trinajstić information content (AvgIpc) is 3.22. The summed E-state index contributed by atoms with van der Waals surface area (Å²) in [5, 5.41) is 3.04. The molecule has 1 aliphatic heterocycles. The molecule has 0 saturated carbocycles. The van der Waals surface area contributed by atoms with E-state index in [9.17, 15) is 9.59 Å². The molecule has 2 aromatic rings. The molecule has 1 fully saturated rings. The summed E-state index contributed by atoms with van der Waals surface area (Å²) in [5.74, 6) is 2.92. The van der Waals surface area contributed by atoms with Gasteiger partial charge >= 0.3 is 20.2 Å². The van der Waals surface area contributed by atoms with E-state index in [0.717, 1.165) is 0 Å². The number of benzene rings is 1. The van der Waals surface area contributed by atoms with Gasteiger partial charge in [0.05, 0.1) is 12.7 Å². The molecule has 3 N–H and O–H groups in total. The first kappa shape index (κ1) is 25.7. The molecule has 4 atom stereocenters. The highest BCUT2D eigenvalue weighted by atomic mass is 31.2. The van der Waals surface area contributed by atoms with Gasteiger partial charge in [-0.25, -0.2) is 9.88 Å². The van der Waals surface area contributed by atoms with Crippen molar-refractivity contribution in [3.63, 3.8) is 0 Å². The second-order valence-corrected chi connectivity index (χ2v) is 9.28. The molecule has 0 bridgehead atoms. The van der Waals surface area contributed by atoms with Gasteiger partial charge in [-0.1, -0.05) is 24.1 Å². The molecule has 0 radical (unpaired) electrons. The molecular weight excluding hydrogens is 459 g/mol. The molecule has 11 heteroatoms. The van der Waals surface area contributed by atoms with Crippen LogP contribution in [0, 0.1) is 12.3 Å². The molecule has 0 spiro atoms. The summed E-state index contributed by atoms with van der Waals surface area (Å²) >= 11 is 0. The van der Waals surface area contributed by atoms with Crippen LogP contribution in [0.5, 0.6) is 5.75 Å². The van der Waals surface area contributed by atoms with Crippen LogP contribution in [0.15, 0.2) is 47.4 Å². The van der Waals surface area contributed by atoms with Gasteiger partial charge in [-0.3, -0.25) is 9.36 Å². The number of terminal acetylenes is 1. The number of aromatic nitrogens is 2. The average molecular weight is 488 g/mol. The number of nitrogens with one attached hydrogen (secondary N) is 1. The Morgan fingerprint density at radius 1 is 1.38 bits per heavy atom. The Morgan fingerprint density at radius 2 is 2.12 bits per heavy atom. The Bertz CT molecular complexity index is 1070. The summed E-state index contributed by atoms with van der Waals surface area (Å²) in [7, 11) is -1.79. The van der Waals surface area contributed by atoms with E-state index in [1.807, 2.05) is 18.2 Å². The molecule has 2 heterocycles. The Balaban J connectivity index is 1.70. The number of esters is 1. The first-order valence-corrected chi connectivity index (χ1v) is 12.0. The van der Waals surface area contributed by atoms with Crippen LogP contribution in [0.2, 0.25) is 0 Å². The van der Waals surface area contributed by atoms with Crippen molar-refractivity contribution < 1.29 is 23.3 Å². The number of anilines is 1. The summed E-state index contributed by atoms with van der Waals surface area (Å²) in [6.45, 7) is 5.19. The van der Waals surface area contributed by atoms with E-state index in [0.29, 0.717) is 18.6 Å². The van der Waals surface area contributed by atoms with Crippen LogP contribution in [-0.2, 0) is 18.8 Å². The van der Waals surface area contributed by atoms with Gasteiger partial charge in [-0.15, -0.1) is 6.42 Å². The molecule has 0 amide bonds. The smallest absolute Gasteiger partial charge is 0.351 e. The van der Waals surface area contributed by atoms with E-state index in [1.165, 1.54) is 16.8 Å². The van der Waals surface area contributed by atoms with Crippen LogP contribution in [0.1, 0.15) is 39.8 Å². The monoisotopic (exact) mass is 488 g/mol. The van der Waals surface area contributed by atoms with Crippen molar-refractivity contribution >= 4 is 20.3 Å². The topological polar surface area (TPSA) is 127 Å². The summed E-state index contributed by atoms with van der Waals surface area (Å²) < 4.78 is 24.6. The molecule has 34 heavy (non-hydrogen) atoms. The fourth-order valence-electron chi connectivity index (χ4n) is 3.20. The molecule has 1 aromatic heterocycles. The molecule has 1 aromatic carbocycles. The van der Waals surface area contributed by atoms with Crippen LogP contribution in [0.4, 0.5) is 5.82 Å². The lowest BCUT2D eigenvalue weighted by Crippen LogP contribution is -2.37. The Labute approximate surface area is 199 Å². The van der Waals surface area contributed by atoms with E-state index >= 15 is 0 Å². The Morgan fingerprint density at radius 3 is 2.76 bits per heavy atom. The largest absolute Gasteiger partial charge is 0.462 e. The van der Waals surface area contributed by atoms with Crippen molar-refractivity contribution in [1.29, 1.82) is 0 Å². The second kappa shape index (κ2) is 11.4. The van der Waals surface area contributed by atoms with Crippen molar-refractivity contribution in [3.8, 4) is 18.1 Å². The first-order chi connectivity index (χ1) is 16.2. The van der Waals surface area contributed by atoms with Crippen molar-refractivity contribution in [2.75, 3.05) is 12.3 Å². The third kappa shape index (κ3) is 6.78. The quantitative estimate of drug-likeness (QED) is 0.295. The molecule has 182 valence electrons. The zero-order chi connectivity index (χ0) is 24.7. The molecule has 0 aliphatic carbocycles. The summed E-state index contributed by atoms with van der Waals surface area (Å²) in [5.41, 5.74) is 3.96. The van der Waals surface area contributed by atoms with Gasteiger partial charge in [0.15, 0.2) is 5.60 Å². The van der Waals surface area contributed by atoms with Crippen molar-refractivity contribution in [2.24, 2.45) is 0 Å². The number of nitrogens with zero attached hydrogens (tertiary/aromatic N) is 2. The highest BCUT2D eigenvalue weighted by Gasteiger charge is 2.41. The van der Waals surface area contributed by atoms with Crippen LogP contribution in [0.3, 0.4) is 0 Å². The zero-order valence-corrected chi connectivity index (χ0v) is 20.2. The minimum atomic E-state index is -1.79. The third-order valence-corrected chi connectivity index (χ3v) is 6.27. The lowest BCUT2D eigenvalue weighted by atomic mass is 10.0. The molecule has 1 aliphatic rings. The van der Waals surface area contributed by atoms with Crippen LogP contribution in [0.25, 0.3) is 0 Å². The predicted octanol–water partition coefficient (Wildman–Crippen LogP) is 2.76. The number of carbonyl (C=O) groups excluding carboxylic acids is 1. The number of ether oxygens (including phenoxy) is 2. The van der Waals surface area contributed by atoms with Gasteiger partial charge in [-0.05, 0) is 51.8 Å². The first-order valence-electron chi connectivity index (χ1n) is 10.8. The number of carbonyl (C=O) groups is 1. The number of nitrogen functional groups attached to an aromatic ring is 1. The van der Waals surface area contributed by atoms with Gasteiger partial charge in [-0.2, -0.15) is 4.98 Å². The van der Waals surface area contributed by atoms with Gasteiger partial charge < -0.3 is 24.3 Å². The number of para-hydroxylation sites is 1. The fourth-order valence-corrected chi connectivity index (χ4v) is 4.45. The van der Waals surface area contributed by atoms with E-state index in [4.69, 9.17) is 30.7 Å². The highest BCUT2D eigenvalue weighted by molar-refractivity contribution is 7.45. The SMILES string of the molecule is C#CC1(COP(NC(C)C(=O)OC(C)C)Oc2ccccc2)CCC(n2ccc(N)nc2=O)O1. The number of hydrogen-bond donors (Lipinski definition) is 2. The normalized spacial score (nSPS) is 21.6. The molecular formula is C23H29N4O6P. The van der Waals surface area contributed by atoms with Crippen molar-refractivity contribution in [1.82, 2.24) is 14.6 Å². The van der Waals surface area contributed by atoms with Gasteiger partial charge in [0.1, 0.15) is 23.8 Å². The molecule has 10 nitrogen and oxygen atoms in total. The number of nitrogens with two attached hydrogens (primary N) is 1. The minimum absolute atomic E-state index is 0.0192. The maximum absolute atomic E-state index is 12.3. The Kier molecular flexibility index (Phi) is 8.64. The third-order valence-electron chi connectivity index (χ3n) is 4.93. The van der Waals surface area contributed by atoms with Gasteiger partial charge in [0.2, 0.25) is 0 Å². The molecule has 1 saturated heterocycles. The fraction of sp³-hybridized carbons (Fsp3) is 0.435. The summed E-state index contributed by atoms with van der Waals surface area (Å²) in [4.78, 5) is 28.2. The molecule has 4 unspecified atom stereocenters. The maximum atomic E-state index is 12.3. The lowest BCUT2D eigenvalue weighted by molar-refractivity contribution is -0.149. The van der Waals surface area contributed by atoms with Crippen LogP contribution in [-0.4, -0.2) is 39.9 Å². The Hall–Kier alpha value is -2.96.